The Kier molecular flexibility index (Phi) is 4.44. The van der Waals surface area contributed by atoms with E-state index in [1.54, 1.807) is 0 Å². The van der Waals surface area contributed by atoms with Crippen LogP contribution in [-0.4, -0.2) is 58.9 Å². The van der Waals surface area contributed by atoms with Crippen LogP contribution in [0.1, 0.15) is 20.3 Å². The number of thioether (sulfide) groups is 1. The molecule has 6 nitrogen and oxygen atoms in total. The van der Waals surface area contributed by atoms with Crippen molar-refractivity contribution in [2.45, 2.75) is 26.3 Å². The third kappa shape index (κ3) is 3.07. The number of nitrogens with zero attached hydrogens (tertiary/aromatic N) is 2. The molecule has 1 N–H and O–H groups in total. The molecule has 0 radical (unpaired) electrons. The van der Waals surface area contributed by atoms with Gasteiger partial charge in [0.2, 0.25) is 0 Å². The van der Waals surface area contributed by atoms with Gasteiger partial charge in [-0.15, -0.1) is 11.8 Å². The molecule has 0 saturated carbocycles. The zero-order valence-electron chi connectivity index (χ0n) is 11.2. The van der Waals surface area contributed by atoms with Gasteiger partial charge in [-0.1, -0.05) is 13.8 Å². The third-order valence-corrected chi connectivity index (χ3v) is 6.69. The predicted molar refractivity (Wildman–Crippen MR) is 74.0 cm³/mol. The molecule has 2 fully saturated rings. The number of carboxylic acids is 1. The van der Waals surface area contributed by atoms with Crippen molar-refractivity contribution >= 4 is 27.9 Å². The highest BCUT2D eigenvalue weighted by Gasteiger charge is 2.43. The molecule has 2 aliphatic heterocycles. The van der Waals surface area contributed by atoms with Gasteiger partial charge in [0.05, 0.1) is 5.88 Å². The van der Waals surface area contributed by atoms with Crippen molar-refractivity contribution in [3.05, 3.63) is 0 Å². The first-order valence-corrected chi connectivity index (χ1v) is 8.95. The van der Waals surface area contributed by atoms with Gasteiger partial charge in [-0.2, -0.15) is 17.0 Å². The first-order valence-electron chi connectivity index (χ1n) is 6.40. The topological polar surface area (TPSA) is 77.9 Å². The summed E-state index contributed by atoms with van der Waals surface area (Å²) in [7, 11) is -3.66. The van der Waals surface area contributed by atoms with E-state index in [2.05, 4.69) is 0 Å². The van der Waals surface area contributed by atoms with Crippen molar-refractivity contribution in [3.63, 3.8) is 0 Å². The first-order chi connectivity index (χ1) is 8.82. The van der Waals surface area contributed by atoms with Gasteiger partial charge >= 0.3 is 5.97 Å². The van der Waals surface area contributed by atoms with Crippen molar-refractivity contribution in [1.29, 1.82) is 0 Å². The molecule has 0 aromatic carbocycles. The first kappa shape index (κ1) is 15.1. The Bertz CT molecular complexity index is 444. The van der Waals surface area contributed by atoms with E-state index in [0.29, 0.717) is 30.7 Å². The molecule has 19 heavy (non-hydrogen) atoms. The highest BCUT2D eigenvalue weighted by atomic mass is 32.2. The summed E-state index contributed by atoms with van der Waals surface area (Å²) in [6.45, 7) is 5.04. The lowest BCUT2D eigenvalue weighted by molar-refractivity contribution is -0.140. The fourth-order valence-electron chi connectivity index (χ4n) is 2.79. The molecule has 0 spiro atoms. The number of piperidine rings is 1. The van der Waals surface area contributed by atoms with Gasteiger partial charge in [0.15, 0.2) is 0 Å². The molecule has 0 amide bonds. The second-order valence-corrected chi connectivity index (χ2v) is 8.39. The van der Waals surface area contributed by atoms with E-state index >= 15 is 0 Å². The molecule has 3 atom stereocenters. The van der Waals surface area contributed by atoms with Crippen LogP contribution in [0.3, 0.4) is 0 Å². The van der Waals surface area contributed by atoms with Crippen LogP contribution < -0.4 is 0 Å². The van der Waals surface area contributed by atoms with Crippen molar-refractivity contribution < 1.29 is 18.3 Å². The highest BCUT2D eigenvalue weighted by Crippen LogP contribution is 2.30. The summed E-state index contributed by atoms with van der Waals surface area (Å²) in [5.41, 5.74) is 0. The van der Waals surface area contributed by atoms with E-state index in [4.69, 9.17) is 5.11 Å². The van der Waals surface area contributed by atoms with Crippen LogP contribution in [0.4, 0.5) is 0 Å². The summed E-state index contributed by atoms with van der Waals surface area (Å²) in [5, 5.41) is 9.11. The Morgan fingerprint density at radius 3 is 2.37 bits per heavy atom. The quantitative estimate of drug-likeness (QED) is 0.829. The molecule has 0 bridgehead atoms. The van der Waals surface area contributed by atoms with Crippen LogP contribution in [0, 0.1) is 11.8 Å². The Hall–Kier alpha value is -0.310. The standard InChI is InChI=1S/C11H20N2O4S2/c1-8-3-9(2)5-12(4-8)19(16,17)13-7-18-6-10(13)11(14)15/h8-10H,3-7H2,1-2H3,(H,14,15)/t8?,9?,10-/m1/s1. The second kappa shape index (κ2) is 5.59. The molecule has 2 heterocycles. The van der Waals surface area contributed by atoms with Gasteiger partial charge in [0, 0.05) is 18.8 Å². The minimum Gasteiger partial charge on any atom is -0.480 e. The van der Waals surface area contributed by atoms with Gasteiger partial charge < -0.3 is 5.11 Å². The zero-order valence-corrected chi connectivity index (χ0v) is 12.8. The summed E-state index contributed by atoms with van der Waals surface area (Å²) >= 11 is 1.35. The van der Waals surface area contributed by atoms with E-state index in [-0.39, 0.29) is 5.88 Å². The minimum atomic E-state index is -3.66. The predicted octanol–water partition coefficient (Wildman–Crippen LogP) is 0.669. The zero-order chi connectivity index (χ0) is 14.2. The molecule has 0 aromatic heterocycles. The van der Waals surface area contributed by atoms with Crippen LogP contribution in [0.25, 0.3) is 0 Å². The highest BCUT2D eigenvalue weighted by molar-refractivity contribution is 8.00. The maximum absolute atomic E-state index is 12.6. The number of carboxylic acid groups (broad SMARTS) is 1. The molecule has 2 aliphatic rings. The molecular formula is C11H20N2O4S2. The third-order valence-electron chi connectivity index (χ3n) is 3.58. The van der Waals surface area contributed by atoms with Gasteiger partial charge in [0.25, 0.3) is 10.2 Å². The number of hydrogen-bond donors (Lipinski definition) is 1. The molecule has 110 valence electrons. The second-order valence-electron chi connectivity index (χ2n) is 5.51. The van der Waals surface area contributed by atoms with E-state index in [1.807, 2.05) is 13.8 Å². The van der Waals surface area contributed by atoms with E-state index in [1.165, 1.54) is 16.1 Å². The molecule has 2 unspecified atom stereocenters. The summed E-state index contributed by atoms with van der Waals surface area (Å²) < 4.78 is 27.7. The number of carbonyl (C=O) groups is 1. The number of aliphatic carboxylic acids is 1. The van der Waals surface area contributed by atoms with Gasteiger partial charge in [0.1, 0.15) is 6.04 Å². The van der Waals surface area contributed by atoms with Crippen LogP contribution in [-0.2, 0) is 15.0 Å². The van der Waals surface area contributed by atoms with E-state index in [0.717, 1.165) is 10.7 Å². The molecule has 0 aromatic rings. The lowest BCUT2D eigenvalue weighted by atomic mass is 9.94. The smallest absolute Gasteiger partial charge is 0.322 e. The Morgan fingerprint density at radius 2 is 1.84 bits per heavy atom. The van der Waals surface area contributed by atoms with Crippen LogP contribution in [0.15, 0.2) is 0 Å². The summed E-state index contributed by atoms with van der Waals surface area (Å²) in [6.07, 6.45) is 1.02. The maximum atomic E-state index is 12.6. The van der Waals surface area contributed by atoms with Crippen molar-refractivity contribution in [2.75, 3.05) is 24.7 Å². The fraction of sp³-hybridized carbons (Fsp3) is 0.909. The normalized spacial score (nSPS) is 34.5. The average Bonchev–Trinajstić information content (AvgIpc) is 2.76. The average molecular weight is 308 g/mol. The largest absolute Gasteiger partial charge is 0.480 e. The molecule has 8 heteroatoms. The van der Waals surface area contributed by atoms with Gasteiger partial charge in [-0.3, -0.25) is 4.79 Å². The van der Waals surface area contributed by atoms with Crippen molar-refractivity contribution in [1.82, 2.24) is 8.61 Å². The summed E-state index contributed by atoms with van der Waals surface area (Å²) in [4.78, 5) is 11.1. The maximum Gasteiger partial charge on any atom is 0.322 e. The lowest BCUT2D eigenvalue weighted by Crippen LogP contribution is -2.52. The Labute approximate surface area is 118 Å². The Balaban J connectivity index is 2.19. The van der Waals surface area contributed by atoms with Gasteiger partial charge in [-0.25, -0.2) is 0 Å². The monoisotopic (exact) mass is 308 g/mol. The van der Waals surface area contributed by atoms with Crippen molar-refractivity contribution in [3.8, 4) is 0 Å². The van der Waals surface area contributed by atoms with Crippen LogP contribution >= 0.6 is 11.8 Å². The number of rotatable bonds is 3. The molecule has 0 aliphatic carbocycles. The van der Waals surface area contributed by atoms with Crippen molar-refractivity contribution in [2.24, 2.45) is 11.8 Å². The van der Waals surface area contributed by atoms with Crippen LogP contribution in [0.5, 0.6) is 0 Å². The fourth-order valence-corrected chi connectivity index (χ4v) is 6.32. The van der Waals surface area contributed by atoms with Crippen LogP contribution in [0.2, 0.25) is 0 Å². The van der Waals surface area contributed by atoms with E-state index < -0.39 is 22.2 Å². The molecule has 2 rings (SSSR count). The molecule has 2 saturated heterocycles. The Morgan fingerprint density at radius 1 is 1.26 bits per heavy atom. The SMILES string of the molecule is CC1CC(C)CN(S(=O)(=O)N2CSC[C@@H]2C(=O)O)C1. The summed E-state index contributed by atoms with van der Waals surface area (Å²) in [5.74, 6) is 0.132. The molecular weight excluding hydrogens is 288 g/mol. The number of hydrogen-bond acceptors (Lipinski definition) is 4. The summed E-state index contributed by atoms with van der Waals surface area (Å²) in [6, 6.07) is -0.928. The lowest BCUT2D eigenvalue weighted by Gasteiger charge is -2.36. The van der Waals surface area contributed by atoms with E-state index in [9.17, 15) is 13.2 Å². The van der Waals surface area contributed by atoms with Gasteiger partial charge in [-0.05, 0) is 18.3 Å². The minimum absolute atomic E-state index is 0.235.